The van der Waals surface area contributed by atoms with Gasteiger partial charge in [0.1, 0.15) is 12.0 Å². The summed E-state index contributed by atoms with van der Waals surface area (Å²) < 4.78 is 0. The number of amides is 3. The largest absolute Gasteiger partial charge is 0.351 e. The Labute approximate surface area is 207 Å². The highest BCUT2D eigenvalue weighted by Gasteiger charge is 2.34. The van der Waals surface area contributed by atoms with Crippen LogP contribution < -0.4 is 15.5 Å². The minimum Gasteiger partial charge on any atom is -0.351 e. The summed E-state index contributed by atoms with van der Waals surface area (Å²) in [4.78, 5) is 40.6. The third kappa shape index (κ3) is 4.79. The van der Waals surface area contributed by atoms with Gasteiger partial charge < -0.3 is 15.5 Å². The lowest BCUT2D eigenvalue weighted by Gasteiger charge is -2.24. The molecule has 34 heavy (non-hydrogen) atoms. The van der Waals surface area contributed by atoms with Crippen molar-refractivity contribution in [2.24, 2.45) is 5.92 Å². The average Bonchev–Trinajstić information content (AvgIpc) is 2.91. The lowest BCUT2D eigenvalue weighted by molar-refractivity contribution is -0.136. The molecule has 0 fully saturated rings. The number of nitrogens with one attached hydrogen (secondary N) is 2. The van der Waals surface area contributed by atoms with E-state index in [1.165, 1.54) is 11.8 Å². The Hall–Kier alpha value is -3.35. The summed E-state index contributed by atoms with van der Waals surface area (Å²) in [6, 6.07) is 19.1. The van der Waals surface area contributed by atoms with E-state index in [1.54, 1.807) is 25.2 Å². The molecule has 0 aliphatic carbocycles. The molecular formula is C26H23Cl2N3O3. The summed E-state index contributed by atoms with van der Waals surface area (Å²) in [7, 11) is 1.68. The fourth-order valence-electron chi connectivity index (χ4n) is 4.01. The molecule has 0 radical (unpaired) electrons. The topological polar surface area (TPSA) is 78.5 Å². The number of hydrogen-bond acceptors (Lipinski definition) is 3. The standard InChI is InChI=1S/C26H23Cl2N3O3/c1-15(24(32)29-14-16-11-17(27)13-18(28)12-16)25(33)30-23-21-9-4-3-7-19(21)20-8-5-6-10-22(20)31(2)26(23)34/h3-13,15,23H,14H2,1-2H3,(H,29,32)(H,30,33)/t15-,23-/m0/s1. The van der Waals surface area contributed by atoms with Crippen molar-refractivity contribution in [2.75, 3.05) is 11.9 Å². The smallest absolute Gasteiger partial charge is 0.253 e. The first-order chi connectivity index (χ1) is 16.3. The number of fused-ring (bicyclic) bond motifs is 3. The van der Waals surface area contributed by atoms with Gasteiger partial charge in [0.2, 0.25) is 11.8 Å². The molecule has 2 N–H and O–H groups in total. The second-order valence-electron chi connectivity index (χ2n) is 8.16. The van der Waals surface area contributed by atoms with Crippen LogP contribution in [0.25, 0.3) is 11.1 Å². The van der Waals surface area contributed by atoms with Crippen LogP contribution in [0.4, 0.5) is 5.69 Å². The second kappa shape index (κ2) is 9.87. The molecule has 1 aliphatic heterocycles. The monoisotopic (exact) mass is 495 g/mol. The Morgan fingerprint density at radius 3 is 2.26 bits per heavy atom. The Balaban J connectivity index is 1.52. The first-order valence-corrected chi connectivity index (χ1v) is 11.5. The van der Waals surface area contributed by atoms with Crippen molar-refractivity contribution >= 4 is 46.6 Å². The third-order valence-corrected chi connectivity index (χ3v) is 6.30. The Kier molecular flexibility index (Phi) is 6.91. The quantitative estimate of drug-likeness (QED) is 0.501. The summed E-state index contributed by atoms with van der Waals surface area (Å²) in [6.45, 7) is 1.67. The van der Waals surface area contributed by atoms with Gasteiger partial charge in [0.05, 0.1) is 5.69 Å². The summed E-state index contributed by atoms with van der Waals surface area (Å²) in [5.41, 5.74) is 3.90. The molecule has 8 heteroatoms. The molecule has 0 unspecified atom stereocenters. The van der Waals surface area contributed by atoms with Gasteiger partial charge in [-0.15, -0.1) is 0 Å². The number of anilines is 1. The van der Waals surface area contributed by atoms with E-state index in [2.05, 4.69) is 10.6 Å². The number of likely N-dealkylation sites (N-methyl/N-ethyl adjacent to an activating group) is 1. The van der Waals surface area contributed by atoms with Crippen LogP contribution >= 0.6 is 23.2 Å². The van der Waals surface area contributed by atoms with E-state index in [0.29, 0.717) is 21.2 Å². The number of carbonyl (C=O) groups is 3. The molecule has 0 spiro atoms. The van der Waals surface area contributed by atoms with Crippen LogP contribution in [0.15, 0.2) is 66.7 Å². The highest BCUT2D eigenvalue weighted by atomic mass is 35.5. The average molecular weight is 496 g/mol. The molecule has 3 amide bonds. The molecule has 3 aromatic carbocycles. The molecule has 0 aromatic heterocycles. The molecule has 0 bridgehead atoms. The van der Waals surface area contributed by atoms with Gasteiger partial charge in [0.25, 0.3) is 5.91 Å². The zero-order chi connectivity index (χ0) is 24.4. The maximum absolute atomic E-state index is 13.4. The van der Waals surface area contributed by atoms with Crippen molar-refractivity contribution in [1.82, 2.24) is 10.6 Å². The number of benzene rings is 3. The van der Waals surface area contributed by atoms with Gasteiger partial charge in [-0.2, -0.15) is 0 Å². The van der Waals surface area contributed by atoms with E-state index < -0.39 is 23.8 Å². The summed E-state index contributed by atoms with van der Waals surface area (Å²) in [5, 5.41) is 6.43. The van der Waals surface area contributed by atoms with E-state index in [0.717, 1.165) is 16.8 Å². The van der Waals surface area contributed by atoms with Crippen LogP contribution in [0.2, 0.25) is 10.0 Å². The Bertz CT molecular complexity index is 1260. The third-order valence-electron chi connectivity index (χ3n) is 5.87. The number of carbonyl (C=O) groups excluding carboxylic acids is 3. The van der Waals surface area contributed by atoms with Crippen molar-refractivity contribution in [1.29, 1.82) is 0 Å². The minimum atomic E-state index is -1.02. The van der Waals surface area contributed by atoms with Crippen molar-refractivity contribution in [2.45, 2.75) is 19.5 Å². The summed E-state index contributed by atoms with van der Waals surface area (Å²) in [6.07, 6.45) is 0. The van der Waals surface area contributed by atoms with E-state index in [9.17, 15) is 14.4 Å². The minimum absolute atomic E-state index is 0.167. The van der Waals surface area contributed by atoms with E-state index in [1.807, 2.05) is 48.5 Å². The van der Waals surface area contributed by atoms with E-state index >= 15 is 0 Å². The molecule has 0 saturated heterocycles. The maximum atomic E-state index is 13.4. The van der Waals surface area contributed by atoms with Gasteiger partial charge in [-0.3, -0.25) is 14.4 Å². The first kappa shape index (κ1) is 23.8. The van der Waals surface area contributed by atoms with Crippen LogP contribution in [-0.4, -0.2) is 24.8 Å². The zero-order valence-electron chi connectivity index (χ0n) is 18.6. The summed E-state index contributed by atoms with van der Waals surface area (Å²) >= 11 is 12.0. The van der Waals surface area contributed by atoms with Crippen molar-refractivity contribution < 1.29 is 14.4 Å². The van der Waals surface area contributed by atoms with Crippen LogP contribution in [-0.2, 0) is 20.9 Å². The molecule has 0 saturated carbocycles. The SMILES string of the molecule is C[C@@H](C(=O)NCc1cc(Cl)cc(Cl)c1)C(=O)N[C@@H]1C(=O)N(C)c2ccccc2-c2ccccc21. The van der Waals surface area contributed by atoms with Crippen molar-refractivity contribution in [3.8, 4) is 11.1 Å². The maximum Gasteiger partial charge on any atom is 0.253 e. The number of nitrogens with zero attached hydrogens (tertiary/aromatic N) is 1. The molecule has 4 rings (SSSR count). The lowest BCUT2D eigenvalue weighted by atomic mass is 9.95. The van der Waals surface area contributed by atoms with Crippen LogP contribution in [0, 0.1) is 5.92 Å². The van der Waals surface area contributed by atoms with Gasteiger partial charge in [-0.05, 0) is 47.9 Å². The molecule has 174 valence electrons. The van der Waals surface area contributed by atoms with Crippen molar-refractivity contribution in [3.63, 3.8) is 0 Å². The van der Waals surface area contributed by atoms with Crippen LogP contribution in [0.3, 0.4) is 0 Å². The zero-order valence-corrected chi connectivity index (χ0v) is 20.2. The molecule has 2 atom stereocenters. The van der Waals surface area contributed by atoms with Gasteiger partial charge in [-0.1, -0.05) is 65.7 Å². The predicted molar refractivity (Wildman–Crippen MR) is 134 cm³/mol. The molecule has 6 nitrogen and oxygen atoms in total. The molecule has 1 heterocycles. The summed E-state index contributed by atoms with van der Waals surface area (Å²) in [5.74, 6) is -2.33. The van der Waals surface area contributed by atoms with Crippen molar-refractivity contribution in [3.05, 3.63) is 87.9 Å². The van der Waals surface area contributed by atoms with Gasteiger partial charge in [-0.25, -0.2) is 0 Å². The molecule has 1 aliphatic rings. The highest BCUT2D eigenvalue weighted by molar-refractivity contribution is 6.34. The van der Waals surface area contributed by atoms with Crippen LogP contribution in [0.1, 0.15) is 24.1 Å². The number of hydrogen-bond donors (Lipinski definition) is 2. The second-order valence-corrected chi connectivity index (χ2v) is 9.03. The number of rotatable bonds is 5. The fraction of sp³-hybridized carbons (Fsp3) is 0.192. The van der Waals surface area contributed by atoms with E-state index in [4.69, 9.17) is 23.2 Å². The normalized spacial score (nSPS) is 15.6. The number of para-hydroxylation sites is 1. The van der Waals surface area contributed by atoms with Gasteiger partial charge in [0, 0.05) is 29.2 Å². The highest BCUT2D eigenvalue weighted by Crippen LogP contribution is 2.39. The molecular weight excluding hydrogens is 473 g/mol. The Morgan fingerprint density at radius 1 is 0.941 bits per heavy atom. The predicted octanol–water partition coefficient (Wildman–Crippen LogP) is 4.75. The first-order valence-electron chi connectivity index (χ1n) is 10.7. The lowest BCUT2D eigenvalue weighted by Crippen LogP contribution is -2.45. The fourth-order valence-corrected chi connectivity index (χ4v) is 4.59. The Morgan fingerprint density at radius 2 is 1.56 bits per heavy atom. The van der Waals surface area contributed by atoms with Crippen LogP contribution in [0.5, 0.6) is 0 Å². The number of halogens is 2. The van der Waals surface area contributed by atoms with Gasteiger partial charge >= 0.3 is 0 Å². The van der Waals surface area contributed by atoms with E-state index in [-0.39, 0.29) is 12.5 Å². The van der Waals surface area contributed by atoms with Gasteiger partial charge in [0.15, 0.2) is 0 Å². The molecule has 3 aromatic rings.